The van der Waals surface area contributed by atoms with E-state index in [0.717, 1.165) is 36.3 Å². The third kappa shape index (κ3) is 5.22. The third-order valence-corrected chi connectivity index (χ3v) is 5.49. The van der Waals surface area contributed by atoms with E-state index in [-0.39, 0.29) is 17.4 Å². The van der Waals surface area contributed by atoms with E-state index in [0.29, 0.717) is 29.2 Å². The molecule has 1 aliphatic rings. The minimum absolute atomic E-state index is 0.0534. The Morgan fingerprint density at radius 1 is 1.24 bits per heavy atom. The second kappa shape index (κ2) is 9.85. The SMILES string of the molecule is CCCNC(=O)c1ccc(Nc2nc(C3C=NN(CC(C)C)C3)cc3cc[nH]c(=O)c23)cc1. The number of nitrogens with one attached hydrogen (secondary N) is 3. The van der Waals surface area contributed by atoms with Gasteiger partial charge < -0.3 is 15.6 Å². The summed E-state index contributed by atoms with van der Waals surface area (Å²) >= 11 is 0. The van der Waals surface area contributed by atoms with Gasteiger partial charge in [-0.2, -0.15) is 5.10 Å². The number of carbonyl (C=O) groups is 1. The molecular weight excluding hydrogens is 416 g/mol. The van der Waals surface area contributed by atoms with Crippen molar-refractivity contribution in [2.75, 3.05) is 25.0 Å². The number of hydrogen-bond acceptors (Lipinski definition) is 6. The smallest absolute Gasteiger partial charge is 0.259 e. The number of nitrogens with zero attached hydrogens (tertiary/aromatic N) is 3. The van der Waals surface area contributed by atoms with Gasteiger partial charge in [-0.15, -0.1) is 0 Å². The molecule has 3 N–H and O–H groups in total. The molecule has 33 heavy (non-hydrogen) atoms. The second-order valence-corrected chi connectivity index (χ2v) is 8.76. The molecule has 0 radical (unpaired) electrons. The summed E-state index contributed by atoms with van der Waals surface area (Å²) in [6, 6.07) is 11.0. The van der Waals surface area contributed by atoms with Gasteiger partial charge in [-0.05, 0) is 54.1 Å². The van der Waals surface area contributed by atoms with Gasteiger partial charge in [0.15, 0.2) is 0 Å². The van der Waals surface area contributed by atoms with Crippen molar-refractivity contribution in [2.24, 2.45) is 11.0 Å². The molecule has 1 aromatic carbocycles. The highest BCUT2D eigenvalue weighted by atomic mass is 16.1. The van der Waals surface area contributed by atoms with Crippen LogP contribution in [-0.4, -0.2) is 46.7 Å². The van der Waals surface area contributed by atoms with Gasteiger partial charge in [-0.25, -0.2) is 4.98 Å². The lowest BCUT2D eigenvalue weighted by Crippen LogP contribution is -2.23. The van der Waals surface area contributed by atoms with Crippen LogP contribution in [-0.2, 0) is 0 Å². The van der Waals surface area contributed by atoms with Crippen LogP contribution in [0.1, 0.15) is 49.2 Å². The Balaban J connectivity index is 1.62. The standard InChI is InChI=1S/C25H30N6O2/c1-4-10-26-24(32)17-5-7-20(8-6-17)29-23-22-18(9-11-27-25(22)33)12-21(30-23)19-13-28-31(15-19)14-16(2)3/h5-9,11-13,16,19H,4,10,14-15H2,1-3H3,(H,26,32)(H,27,33)(H,29,30). The van der Waals surface area contributed by atoms with Crippen molar-refractivity contribution in [1.29, 1.82) is 0 Å². The molecule has 3 heterocycles. The van der Waals surface area contributed by atoms with Gasteiger partial charge in [0.2, 0.25) is 0 Å². The Hall–Kier alpha value is -3.68. The summed E-state index contributed by atoms with van der Waals surface area (Å²) < 4.78 is 0. The topological polar surface area (TPSA) is 102 Å². The average molecular weight is 447 g/mol. The fourth-order valence-electron chi connectivity index (χ4n) is 3.91. The Kier molecular flexibility index (Phi) is 6.72. The first kappa shape index (κ1) is 22.5. The van der Waals surface area contributed by atoms with Crippen molar-refractivity contribution in [3.05, 3.63) is 64.2 Å². The maximum absolute atomic E-state index is 12.6. The van der Waals surface area contributed by atoms with Crippen LogP contribution in [0.5, 0.6) is 0 Å². The zero-order valence-corrected chi connectivity index (χ0v) is 19.3. The lowest BCUT2D eigenvalue weighted by Gasteiger charge is -2.18. The number of hydrogen-bond donors (Lipinski definition) is 3. The molecule has 172 valence electrons. The summed E-state index contributed by atoms with van der Waals surface area (Å²) in [6.45, 7) is 8.65. The molecule has 1 atom stereocenters. The van der Waals surface area contributed by atoms with Crippen LogP contribution < -0.4 is 16.2 Å². The van der Waals surface area contributed by atoms with E-state index in [2.05, 4.69) is 39.6 Å². The number of pyridine rings is 2. The molecular formula is C25H30N6O2. The number of rotatable bonds is 8. The first-order valence-electron chi connectivity index (χ1n) is 11.4. The van der Waals surface area contributed by atoms with Crippen LogP contribution in [0.3, 0.4) is 0 Å². The first-order valence-corrected chi connectivity index (χ1v) is 11.4. The minimum atomic E-state index is -0.203. The molecule has 3 aromatic rings. The van der Waals surface area contributed by atoms with Crippen LogP contribution in [0.2, 0.25) is 0 Å². The van der Waals surface area contributed by atoms with E-state index in [1.165, 1.54) is 0 Å². The molecule has 8 nitrogen and oxygen atoms in total. The average Bonchev–Trinajstić information content (AvgIpc) is 3.25. The zero-order valence-electron chi connectivity index (χ0n) is 19.3. The van der Waals surface area contributed by atoms with Crippen LogP contribution in [0.15, 0.2) is 52.5 Å². The molecule has 8 heteroatoms. The molecule has 1 aliphatic heterocycles. The van der Waals surface area contributed by atoms with Crippen molar-refractivity contribution in [1.82, 2.24) is 20.3 Å². The molecule has 0 fully saturated rings. The fourth-order valence-corrected chi connectivity index (χ4v) is 3.91. The van der Waals surface area contributed by atoms with Gasteiger partial charge in [0.25, 0.3) is 11.5 Å². The molecule has 0 saturated carbocycles. The number of fused-ring (bicyclic) bond motifs is 1. The van der Waals surface area contributed by atoms with Gasteiger partial charge in [-0.1, -0.05) is 20.8 Å². The second-order valence-electron chi connectivity index (χ2n) is 8.76. The van der Waals surface area contributed by atoms with Gasteiger partial charge in [0.1, 0.15) is 5.82 Å². The highest BCUT2D eigenvalue weighted by molar-refractivity contribution is 5.95. The number of hydrazone groups is 1. The Morgan fingerprint density at radius 3 is 2.76 bits per heavy atom. The number of H-pyrrole nitrogens is 1. The van der Waals surface area contributed by atoms with E-state index in [1.54, 1.807) is 18.3 Å². The highest BCUT2D eigenvalue weighted by Gasteiger charge is 2.23. The van der Waals surface area contributed by atoms with Crippen LogP contribution in [0, 0.1) is 5.92 Å². The van der Waals surface area contributed by atoms with Crippen molar-refractivity contribution >= 4 is 34.4 Å². The Bertz CT molecular complexity index is 1220. The van der Waals surface area contributed by atoms with Crippen molar-refractivity contribution in [3.8, 4) is 0 Å². The first-order chi connectivity index (χ1) is 15.9. The number of anilines is 2. The number of carbonyl (C=O) groups excluding carboxylic acids is 1. The molecule has 1 amide bonds. The Labute approximate surface area is 193 Å². The highest BCUT2D eigenvalue weighted by Crippen LogP contribution is 2.28. The van der Waals surface area contributed by atoms with E-state index in [4.69, 9.17) is 4.98 Å². The van der Waals surface area contributed by atoms with Crippen molar-refractivity contribution in [3.63, 3.8) is 0 Å². The summed E-state index contributed by atoms with van der Waals surface area (Å²) in [5.41, 5.74) is 2.00. The molecule has 0 bridgehead atoms. The van der Waals surface area contributed by atoms with E-state index >= 15 is 0 Å². The van der Waals surface area contributed by atoms with Gasteiger partial charge in [0.05, 0.1) is 17.0 Å². The van der Waals surface area contributed by atoms with Crippen LogP contribution >= 0.6 is 0 Å². The van der Waals surface area contributed by atoms with E-state index in [9.17, 15) is 9.59 Å². The molecule has 0 aliphatic carbocycles. The van der Waals surface area contributed by atoms with Gasteiger partial charge in [-0.3, -0.25) is 14.6 Å². The summed E-state index contributed by atoms with van der Waals surface area (Å²) in [4.78, 5) is 32.3. The van der Waals surface area contributed by atoms with Gasteiger partial charge in [0, 0.05) is 43.3 Å². The quantitative estimate of drug-likeness (QED) is 0.488. The minimum Gasteiger partial charge on any atom is -0.352 e. The largest absolute Gasteiger partial charge is 0.352 e. The number of benzene rings is 1. The summed E-state index contributed by atoms with van der Waals surface area (Å²) in [5, 5.41) is 14.1. The molecule has 0 saturated heterocycles. The van der Waals surface area contributed by atoms with Crippen molar-refractivity contribution < 1.29 is 4.79 Å². The van der Waals surface area contributed by atoms with Crippen LogP contribution in [0.25, 0.3) is 10.8 Å². The Morgan fingerprint density at radius 2 is 2.03 bits per heavy atom. The van der Waals surface area contributed by atoms with Gasteiger partial charge >= 0.3 is 0 Å². The number of aromatic nitrogens is 2. The maximum Gasteiger partial charge on any atom is 0.259 e. The summed E-state index contributed by atoms with van der Waals surface area (Å²) in [5.74, 6) is 0.964. The maximum atomic E-state index is 12.6. The molecule has 1 unspecified atom stereocenters. The predicted octanol–water partition coefficient (Wildman–Crippen LogP) is 3.85. The third-order valence-electron chi connectivity index (χ3n) is 5.49. The lowest BCUT2D eigenvalue weighted by molar-refractivity contribution is 0.0953. The predicted molar refractivity (Wildman–Crippen MR) is 132 cm³/mol. The monoisotopic (exact) mass is 446 g/mol. The molecule has 0 spiro atoms. The summed E-state index contributed by atoms with van der Waals surface area (Å²) in [6.07, 6.45) is 4.46. The number of aromatic amines is 1. The van der Waals surface area contributed by atoms with E-state index < -0.39 is 0 Å². The lowest BCUT2D eigenvalue weighted by atomic mass is 10.0. The van der Waals surface area contributed by atoms with Crippen LogP contribution in [0.4, 0.5) is 11.5 Å². The fraction of sp³-hybridized carbons (Fsp3) is 0.360. The normalized spacial score (nSPS) is 15.4. The summed E-state index contributed by atoms with van der Waals surface area (Å²) in [7, 11) is 0. The zero-order chi connectivity index (χ0) is 23.4. The number of amides is 1. The molecule has 4 rings (SSSR count). The molecule has 2 aromatic heterocycles. The van der Waals surface area contributed by atoms with E-state index in [1.807, 2.05) is 37.4 Å². The van der Waals surface area contributed by atoms with Crippen molar-refractivity contribution in [2.45, 2.75) is 33.1 Å².